The number of rotatable bonds is 2. The molecule has 0 aromatic carbocycles. The predicted molar refractivity (Wildman–Crippen MR) is 51.7 cm³/mol. The Kier molecular flexibility index (Phi) is 3.82. The Morgan fingerprint density at radius 3 is 3.08 bits per heavy atom. The first-order valence-corrected chi connectivity index (χ1v) is 4.52. The second-order valence-electron chi connectivity index (χ2n) is 3.13. The molecule has 1 aliphatic heterocycles. The van der Waals surface area contributed by atoms with Gasteiger partial charge in [0.25, 0.3) is 0 Å². The fourth-order valence-electron chi connectivity index (χ4n) is 1.27. The van der Waals surface area contributed by atoms with Gasteiger partial charge in [-0.2, -0.15) is 0 Å². The molecule has 0 aromatic rings. The summed E-state index contributed by atoms with van der Waals surface area (Å²) in [7, 11) is 2.09. The predicted octanol–water partition coefficient (Wildman–Crippen LogP) is 0.808. The molecule has 4 heteroatoms. The van der Waals surface area contributed by atoms with Gasteiger partial charge in [0.15, 0.2) is 0 Å². The zero-order chi connectivity index (χ0) is 8.97. The van der Waals surface area contributed by atoms with Crippen LogP contribution in [0.4, 0.5) is 0 Å². The quantitative estimate of drug-likeness (QED) is 0.471. The van der Waals surface area contributed by atoms with Gasteiger partial charge in [-0.25, -0.2) is 4.99 Å². The lowest BCUT2D eigenvalue weighted by atomic mass is 10.1. The molecule has 1 heterocycles. The minimum Gasteiger partial charge on any atom is -0.373 e. The Bertz CT molecular complexity index is 191. The topological polar surface area (TPSA) is 24.8 Å². The SMILES string of the molecule is C[C@@H](N=C=S)C1CN(C)CCO1. The average molecular weight is 186 g/mol. The first-order valence-electron chi connectivity index (χ1n) is 4.11. The molecule has 2 atom stereocenters. The Hall–Kier alpha value is -0.280. The Balaban J connectivity index is 2.44. The first-order chi connectivity index (χ1) is 5.74. The zero-order valence-electron chi connectivity index (χ0n) is 7.49. The standard InChI is InChI=1S/C8H14N2OS/c1-7(9-6-12)8-5-10(2)3-4-11-8/h7-8H,3-5H2,1-2H3/t7-,8?/m1/s1. The summed E-state index contributed by atoms with van der Waals surface area (Å²) in [5, 5.41) is 2.39. The van der Waals surface area contributed by atoms with Crippen LogP contribution in [0.15, 0.2) is 4.99 Å². The van der Waals surface area contributed by atoms with Gasteiger partial charge in [-0.3, -0.25) is 0 Å². The van der Waals surface area contributed by atoms with E-state index in [9.17, 15) is 0 Å². The fraction of sp³-hybridized carbons (Fsp3) is 0.875. The molecule has 1 fully saturated rings. The van der Waals surface area contributed by atoms with Crippen molar-refractivity contribution >= 4 is 17.4 Å². The number of hydrogen-bond acceptors (Lipinski definition) is 4. The van der Waals surface area contributed by atoms with Gasteiger partial charge in [-0.1, -0.05) is 0 Å². The molecule has 3 nitrogen and oxygen atoms in total. The van der Waals surface area contributed by atoms with E-state index in [0.717, 1.165) is 19.7 Å². The highest BCUT2D eigenvalue weighted by atomic mass is 32.1. The number of isothiocyanates is 1. The fourth-order valence-corrected chi connectivity index (χ4v) is 1.44. The van der Waals surface area contributed by atoms with Crippen molar-refractivity contribution in [2.24, 2.45) is 4.99 Å². The smallest absolute Gasteiger partial charge is 0.0930 e. The first kappa shape index (κ1) is 9.81. The summed E-state index contributed by atoms with van der Waals surface area (Å²) >= 11 is 4.54. The van der Waals surface area contributed by atoms with Gasteiger partial charge in [0.05, 0.1) is 23.9 Å². The molecule has 0 amide bonds. The van der Waals surface area contributed by atoms with E-state index in [1.54, 1.807) is 0 Å². The van der Waals surface area contributed by atoms with Crippen LogP contribution < -0.4 is 0 Å². The van der Waals surface area contributed by atoms with Crippen molar-refractivity contribution in [2.75, 3.05) is 26.7 Å². The highest BCUT2D eigenvalue weighted by molar-refractivity contribution is 7.78. The lowest BCUT2D eigenvalue weighted by Crippen LogP contribution is -2.44. The molecule has 0 radical (unpaired) electrons. The van der Waals surface area contributed by atoms with Crippen LogP contribution in [-0.4, -0.2) is 49.0 Å². The summed E-state index contributed by atoms with van der Waals surface area (Å²) in [5.41, 5.74) is 0. The number of hydrogen-bond donors (Lipinski definition) is 0. The summed E-state index contributed by atoms with van der Waals surface area (Å²) in [6, 6.07) is 0.130. The molecule has 0 N–H and O–H groups in total. The van der Waals surface area contributed by atoms with E-state index in [4.69, 9.17) is 4.74 Å². The van der Waals surface area contributed by atoms with Crippen LogP contribution in [-0.2, 0) is 4.74 Å². The van der Waals surface area contributed by atoms with Crippen LogP contribution in [0, 0.1) is 0 Å². The van der Waals surface area contributed by atoms with Crippen LogP contribution in [0.2, 0.25) is 0 Å². The van der Waals surface area contributed by atoms with Gasteiger partial charge < -0.3 is 9.64 Å². The number of thiocarbonyl (C=S) groups is 1. The van der Waals surface area contributed by atoms with E-state index in [0.29, 0.717) is 0 Å². The molecular formula is C8H14N2OS. The Morgan fingerprint density at radius 2 is 2.50 bits per heavy atom. The third-order valence-corrected chi connectivity index (χ3v) is 2.20. The van der Waals surface area contributed by atoms with E-state index in [2.05, 4.69) is 34.3 Å². The van der Waals surface area contributed by atoms with Crippen LogP contribution in [0.5, 0.6) is 0 Å². The van der Waals surface area contributed by atoms with Gasteiger partial charge in [0.2, 0.25) is 0 Å². The molecule has 0 saturated carbocycles. The third-order valence-electron chi connectivity index (χ3n) is 2.09. The molecular weight excluding hydrogens is 172 g/mol. The summed E-state index contributed by atoms with van der Waals surface area (Å²) in [6.07, 6.45) is 0.180. The minimum atomic E-state index is 0.130. The van der Waals surface area contributed by atoms with Crippen molar-refractivity contribution in [3.8, 4) is 0 Å². The summed E-state index contributed by atoms with van der Waals surface area (Å²) < 4.78 is 5.54. The molecule has 1 saturated heterocycles. The number of ether oxygens (including phenoxy) is 1. The van der Waals surface area contributed by atoms with Crippen LogP contribution in [0.3, 0.4) is 0 Å². The molecule has 1 unspecified atom stereocenters. The van der Waals surface area contributed by atoms with Gasteiger partial charge in [0.1, 0.15) is 0 Å². The molecule has 0 aromatic heterocycles. The van der Waals surface area contributed by atoms with Crippen molar-refractivity contribution in [3.05, 3.63) is 0 Å². The molecule has 0 aliphatic carbocycles. The molecule has 0 spiro atoms. The van der Waals surface area contributed by atoms with E-state index < -0.39 is 0 Å². The lowest BCUT2D eigenvalue weighted by Gasteiger charge is -2.31. The van der Waals surface area contributed by atoms with Crippen molar-refractivity contribution in [1.29, 1.82) is 0 Å². The van der Waals surface area contributed by atoms with Gasteiger partial charge in [-0.15, -0.1) is 0 Å². The van der Waals surface area contributed by atoms with Gasteiger partial charge >= 0.3 is 0 Å². The monoisotopic (exact) mass is 186 g/mol. The molecule has 0 bridgehead atoms. The van der Waals surface area contributed by atoms with Crippen molar-refractivity contribution in [3.63, 3.8) is 0 Å². The average Bonchev–Trinajstić information content (AvgIpc) is 2.05. The van der Waals surface area contributed by atoms with E-state index in [1.807, 2.05) is 6.92 Å². The van der Waals surface area contributed by atoms with Gasteiger partial charge in [0, 0.05) is 13.1 Å². The van der Waals surface area contributed by atoms with E-state index in [1.165, 1.54) is 0 Å². The van der Waals surface area contributed by atoms with Crippen molar-refractivity contribution in [2.45, 2.75) is 19.1 Å². The Labute approximate surface area is 78.4 Å². The van der Waals surface area contributed by atoms with Gasteiger partial charge in [-0.05, 0) is 26.2 Å². The molecule has 1 aliphatic rings. The second kappa shape index (κ2) is 4.67. The summed E-state index contributed by atoms with van der Waals surface area (Å²) in [4.78, 5) is 6.24. The van der Waals surface area contributed by atoms with Crippen molar-refractivity contribution < 1.29 is 4.74 Å². The second-order valence-corrected chi connectivity index (χ2v) is 3.32. The van der Waals surface area contributed by atoms with Crippen LogP contribution >= 0.6 is 12.2 Å². The number of likely N-dealkylation sites (N-methyl/N-ethyl adjacent to an activating group) is 1. The number of aliphatic imine (C=N–C) groups is 1. The maximum absolute atomic E-state index is 5.54. The molecule has 1 rings (SSSR count). The summed E-state index contributed by atoms with van der Waals surface area (Å²) in [5.74, 6) is 0. The third kappa shape index (κ3) is 2.64. The maximum Gasteiger partial charge on any atom is 0.0930 e. The van der Waals surface area contributed by atoms with E-state index >= 15 is 0 Å². The normalized spacial score (nSPS) is 27.7. The molecule has 12 heavy (non-hydrogen) atoms. The lowest BCUT2D eigenvalue weighted by molar-refractivity contribution is -0.0285. The van der Waals surface area contributed by atoms with Crippen LogP contribution in [0.25, 0.3) is 0 Å². The highest BCUT2D eigenvalue weighted by Crippen LogP contribution is 2.09. The number of morpholine rings is 1. The minimum absolute atomic E-state index is 0.130. The number of nitrogens with zero attached hydrogens (tertiary/aromatic N) is 2. The summed E-state index contributed by atoms with van der Waals surface area (Å²) in [6.45, 7) is 4.73. The van der Waals surface area contributed by atoms with Crippen LogP contribution in [0.1, 0.15) is 6.92 Å². The molecule has 68 valence electrons. The van der Waals surface area contributed by atoms with E-state index in [-0.39, 0.29) is 12.1 Å². The largest absolute Gasteiger partial charge is 0.373 e. The van der Waals surface area contributed by atoms with Crippen molar-refractivity contribution in [1.82, 2.24) is 4.90 Å². The Morgan fingerprint density at radius 1 is 1.75 bits per heavy atom. The highest BCUT2D eigenvalue weighted by Gasteiger charge is 2.22. The maximum atomic E-state index is 5.54. The zero-order valence-corrected chi connectivity index (χ0v) is 8.30.